The molecule has 2 radical (unpaired) electrons. The van der Waals surface area contributed by atoms with Gasteiger partial charge in [-0.25, -0.2) is 0 Å². The lowest BCUT2D eigenvalue weighted by Gasteiger charge is -2.02. The second-order valence-corrected chi connectivity index (χ2v) is 4.50. The molecule has 0 amide bonds. The van der Waals surface area contributed by atoms with E-state index in [0.717, 1.165) is 21.5 Å². The molecule has 0 atom stereocenters. The quantitative estimate of drug-likeness (QED) is 0.494. The van der Waals surface area contributed by atoms with Gasteiger partial charge in [-0.05, 0) is 57.9 Å². The van der Waals surface area contributed by atoms with Gasteiger partial charge in [-0.2, -0.15) is 0 Å². The summed E-state index contributed by atoms with van der Waals surface area (Å²) in [7, 11) is 0. The zero-order valence-corrected chi connectivity index (χ0v) is 9.73. The Morgan fingerprint density at radius 3 is 1.56 bits per heavy atom. The zero-order chi connectivity index (χ0) is 11.1. The van der Waals surface area contributed by atoms with Gasteiger partial charge >= 0.3 is 0 Å². The van der Waals surface area contributed by atoms with Crippen molar-refractivity contribution in [3.05, 3.63) is 58.6 Å². The van der Waals surface area contributed by atoms with Crippen LogP contribution in [0.3, 0.4) is 0 Å². The van der Waals surface area contributed by atoms with E-state index >= 15 is 0 Å². The molecular weight excluding hydrogens is 239 g/mol. The molecule has 2 heteroatoms. The van der Waals surface area contributed by atoms with E-state index in [1.807, 2.05) is 36.4 Å². The third kappa shape index (κ3) is 1.64. The molecule has 0 aliphatic carbocycles. The van der Waals surface area contributed by atoms with E-state index in [9.17, 15) is 0 Å². The van der Waals surface area contributed by atoms with Crippen molar-refractivity contribution in [1.82, 2.24) is 0 Å². The topological polar surface area (TPSA) is 0 Å². The van der Waals surface area contributed by atoms with Crippen molar-refractivity contribution in [3.63, 3.8) is 0 Å². The van der Waals surface area contributed by atoms with E-state index in [4.69, 9.17) is 23.2 Å². The molecule has 3 aromatic carbocycles. The maximum atomic E-state index is 5.94. The van der Waals surface area contributed by atoms with Crippen LogP contribution in [0.25, 0.3) is 21.5 Å². The molecule has 0 nitrogen and oxygen atoms in total. The molecule has 16 heavy (non-hydrogen) atoms. The van der Waals surface area contributed by atoms with Crippen molar-refractivity contribution in [3.8, 4) is 0 Å². The average Bonchev–Trinajstić information content (AvgIpc) is 2.26. The van der Waals surface area contributed by atoms with Crippen LogP contribution in [0.15, 0.2) is 36.4 Å². The van der Waals surface area contributed by atoms with Crippen molar-refractivity contribution >= 4 is 44.7 Å². The van der Waals surface area contributed by atoms with Crippen LogP contribution >= 0.6 is 23.2 Å². The Hall–Kier alpha value is -1.24. The molecule has 0 bridgehead atoms. The van der Waals surface area contributed by atoms with Crippen LogP contribution in [0.5, 0.6) is 0 Å². The predicted octanol–water partition coefficient (Wildman–Crippen LogP) is 4.90. The molecule has 76 valence electrons. The minimum atomic E-state index is 0.707. The highest BCUT2D eigenvalue weighted by Crippen LogP contribution is 2.26. The average molecular weight is 245 g/mol. The summed E-state index contributed by atoms with van der Waals surface area (Å²) in [6.45, 7) is 0. The predicted molar refractivity (Wildman–Crippen MR) is 69.1 cm³/mol. The number of fused-ring (bicyclic) bond motifs is 2. The monoisotopic (exact) mass is 244 g/mol. The van der Waals surface area contributed by atoms with Crippen LogP contribution in [0, 0.1) is 12.1 Å². The van der Waals surface area contributed by atoms with Gasteiger partial charge in [0.25, 0.3) is 0 Å². The Bertz CT molecular complexity index is 630. The molecule has 0 aromatic heterocycles. The third-order valence-electron chi connectivity index (χ3n) is 2.50. The zero-order valence-electron chi connectivity index (χ0n) is 8.22. The van der Waals surface area contributed by atoms with Crippen LogP contribution in [0.4, 0.5) is 0 Å². The summed E-state index contributed by atoms with van der Waals surface area (Å²) in [6.07, 6.45) is 0. The number of benzene rings is 3. The molecule has 3 aromatic rings. The van der Waals surface area contributed by atoms with Gasteiger partial charge in [-0.3, -0.25) is 0 Å². The molecule has 0 aliphatic heterocycles. The Kier molecular flexibility index (Phi) is 2.27. The van der Waals surface area contributed by atoms with E-state index in [2.05, 4.69) is 12.1 Å². The first-order chi connectivity index (χ1) is 7.72. The van der Waals surface area contributed by atoms with Gasteiger partial charge in [-0.15, -0.1) is 0 Å². The largest absolute Gasteiger partial charge is 0.0843 e. The first kappa shape index (κ1) is 9.95. The first-order valence-corrected chi connectivity index (χ1v) is 5.61. The lowest BCUT2D eigenvalue weighted by molar-refractivity contribution is 1.75. The molecule has 0 saturated heterocycles. The molecule has 0 N–H and O–H groups in total. The van der Waals surface area contributed by atoms with Crippen LogP contribution in [0.1, 0.15) is 0 Å². The second-order valence-electron chi connectivity index (χ2n) is 3.63. The van der Waals surface area contributed by atoms with Crippen molar-refractivity contribution < 1.29 is 0 Å². The normalized spacial score (nSPS) is 11.1. The molecule has 0 heterocycles. The van der Waals surface area contributed by atoms with Gasteiger partial charge in [0.05, 0.1) is 0 Å². The Balaban J connectivity index is 2.44. The summed E-state index contributed by atoms with van der Waals surface area (Å²) < 4.78 is 0. The summed E-state index contributed by atoms with van der Waals surface area (Å²) in [6, 6.07) is 18.0. The van der Waals surface area contributed by atoms with E-state index in [-0.39, 0.29) is 0 Å². The SMILES string of the molecule is Clc1ccc2[c]c3ccc(Cl)cc3[c]c2c1. The lowest BCUT2D eigenvalue weighted by atomic mass is 10.0. The Labute approximate surface area is 103 Å². The highest BCUT2D eigenvalue weighted by molar-refractivity contribution is 6.32. The molecule has 0 unspecified atom stereocenters. The molecule has 0 aliphatic rings. The Morgan fingerprint density at radius 1 is 0.625 bits per heavy atom. The number of rotatable bonds is 0. The number of hydrogen-bond acceptors (Lipinski definition) is 0. The third-order valence-corrected chi connectivity index (χ3v) is 2.97. The smallest absolute Gasteiger partial charge is 0.0412 e. The summed E-state index contributed by atoms with van der Waals surface area (Å²) in [5.41, 5.74) is 0. The van der Waals surface area contributed by atoms with Gasteiger partial charge in [-0.1, -0.05) is 35.3 Å². The van der Waals surface area contributed by atoms with Gasteiger partial charge in [0.2, 0.25) is 0 Å². The lowest BCUT2D eigenvalue weighted by Crippen LogP contribution is -1.78. The minimum Gasteiger partial charge on any atom is -0.0843 e. The van der Waals surface area contributed by atoms with Gasteiger partial charge in [0, 0.05) is 10.0 Å². The summed E-state index contributed by atoms with van der Waals surface area (Å²) in [5.74, 6) is 0. The van der Waals surface area contributed by atoms with Crippen molar-refractivity contribution in [2.24, 2.45) is 0 Å². The van der Waals surface area contributed by atoms with E-state index in [0.29, 0.717) is 10.0 Å². The highest BCUT2D eigenvalue weighted by Gasteiger charge is 2.00. The standard InChI is InChI=1S/C14H6Cl2/c15-13-3-1-9-5-10-2-4-14(16)8-12(10)6-11(9)7-13/h1-4,7-8H. The maximum absolute atomic E-state index is 5.94. The number of hydrogen-bond donors (Lipinski definition) is 0. The molecule has 3 rings (SSSR count). The fourth-order valence-corrected chi connectivity index (χ4v) is 2.09. The van der Waals surface area contributed by atoms with Crippen molar-refractivity contribution in [2.45, 2.75) is 0 Å². The second kappa shape index (κ2) is 3.65. The Morgan fingerprint density at radius 2 is 1.06 bits per heavy atom. The van der Waals surface area contributed by atoms with Crippen LogP contribution in [0.2, 0.25) is 10.0 Å². The summed E-state index contributed by atoms with van der Waals surface area (Å²) >= 11 is 11.9. The maximum Gasteiger partial charge on any atom is 0.0412 e. The molecule has 0 fully saturated rings. The van der Waals surface area contributed by atoms with Gasteiger partial charge < -0.3 is 0 Å². The van der Waals surface area contributed by atoms with Crippen molar-refractivity contribution in [2.75, 3.05) is 0 Å². The van der Waals surface area contributed by atoms with E-state index in [1.54, 1.807) is 0 Å². The minimum absolute atomic E-state index is 0.707. The van der Waals surface area contributed by atoms with Crippen LogP contribution in [-0.4, -0.2) is 0 Å². The van der Waals surface area contributed by atoms with E-state index < -0.39 is 0 Å². The van der Waals surface area contributed by atoms with Crippen LogP contribution in [-0.2, 0) is 0 Å². The summed E-state index contributed by atoms with van der Waals surface area (Å²) in [5, 5.41) is 5.36. The number of halogens is 2. The molecule has 0 spiro atoms. The van der Waals surface area contributed by atoms with Crippen molar-refractivity contribution in [1.29, 1.82) is 0 Å². The highest BCUT2D eigenvalue weighted by atomic mass is 35.5. The van der Waals surface area contributed by atoms with Crippen LogP contribution < -0.4 is 0 Å². The van der Waals surface area contributed by atoms with E-state index in [1.165, 1.54) is 0 Å². The van der Waals surface area contributed by atoms with Gasteiger partial charge in [0.15, 0.2) is 0 Å². The van der Waals surface area contributed by atoms with Gasteiger partial charge in [0.1, 0.15) is 0 Å². The summed E-state index contributed by atoms with van der Waals surface area (Å²) in [4.78, 5) is 0. The molecule has 0 saturated carbocycles. The fraction of sp³-hybridized carbons (Fsp3) is 0. The first-order valence-electron chi connectivity index (χ1n) is 4.85. The molecular formula is C14H6Cl2. The fourth-order valence-electron chi connectivity index (χ4n) is 1.75.